The third-order valence-corrected chi connectivity index (χ3v) is 7.93. The highest BCUT2D eigenvalue weighted by Crippen LogP contribution is 2.45. The van der Waals surface area contributed by atoms with Gasteiger partial charge in [-0.3, -0.25) is 9.59 Å². The van der Waals surface area contributed by atoms with E-state index in [2.05, 4.69) is 4.99 Å². The predicted molar refractivity (Wildman–Crippen MR) is 146 cm³/mol. The fraction of sp³-hybridized carbons (Fsp3) is 0.310. The minimum atomic E-state index is -0.842. The number of amides is 2. The number of hydrogen-bond donors (Lipinski definition) is 0. The number of hydrogen-bond acceptors (Lipinski definition) is 7. The fourth-order valence-electron chi connectivity index (χ4n) is 4.96. The maximum absolute atomic E-state index is 15.3. The molecule has 3 heterocycles. The van der Waals surface area contributed by atoms with Gasteiger partial charge in [-0.2, -0.15) is 0 Å². The van der Waals surface area contributed by atoms with Gasteiger partial charge >= 0.3 is 5.97 Å². The number of esters is 1. The van der Waals surface area contributed by atoms with E-state index in [-0.39, 0.29) is 30.4 Å². The van der Waals surface area contributed by atoms with Gasteiger partial charge in [0.1, 0.15) is 12.4 Å². The number of allylic oxidation sites excluding steroid dienone is 1. The number of piperazine rings is 1. The minimum absolute atomic E-state index is 0.00673. The van der Waals surface area contributed by atoms with Crippen LogP contribution in [0, 0.1) is 5.82 Å². The third-order valence-electron chi connectivity index (χ3n) is 7.04. The summed E-state index contributed by atoms with van der Waals surface area (Å²) < 4.78 is 20.9. The van der Waals surface area contributed by atoms with Crippen LogP contribution in [0.3, 0.4) is 0 Å². The minimum Gasteiger partial charge on any atom is -0.457 e. The Hall–Kier alpha value is -3.92. The van der Waals surface area contributed by atoms with Crippen molar-refractivity contribution in [3.63, 3.8) is 0 Å². The Morgan fingerprint density at radius 1 is 1.00 bits per heavy atom. The molecule has 3 aliphatic heterocycles. The monoisotopic (exact) mass is 548 g/mol. The van der Waals surface area contributed by atoms with Crippen LogP contribution in [-0.4, -0.2) is 63.8 Å². The van der Waals surface area contributed by atoms with E-state index in [9.17, 15) is 14.4 Å². The fourth-order valence-corrected chi connectivity index (χ4v) is 5.92. The van der Waals surface area contributed by atoms with Gasteiger partial charge in [0.2, 0.25) is 11.8 Å². The number of nitrogens with zero attached hydrogens (tertiary/aromatic N) is 4. The smallest absolute Gasteiger partial charge is 0.338 e. The number of aliphatic imine (C=N–C) groups is 1. The van der Waals surface area contributed by atoms with E-state index in [1.807, 2.05) is 35.7 Å². The standard InChI is InChI=1S/C29H29FN4O4S/c1-19-26(28(37)38-17-21-8-4-3-5-9-21)27(23-10-6-7-11-24(23)30)34-22(18-39-29(34)31-19)16-25(36)33-14-12-32(13-15-33)20(2)35/h3-11,18,27H,12-17H2,1-2H3/t27-/m0/s1. The summed E-state index contributed by atoms with van der Waals surface area (Å²) in [7, 11) is 0. The van der Waals surface area contributed by atoms with Gasteiger partial charge in [-0.05, 0) is 24.0 Å². The Balaban J connectivity index is 1.41. The first-order valence-electron chi connectivity index (χ1n) is 12.8. The lowest BCUT2D eigenvalue weighted by atomic mass is 9.93. The van der Waals surface area contributed by atoms with E-state index in [4.69, 9.17) is 4.74 Å². The molecule has 2 aromatic carbocycles. The van der Waals surface area contributed by atoms with E-state index in [0.717, 1.165) is 5.56 Å². The number of rotatable bonds is 6. The second-order valence-corrected chi connectivity index (χ2v) is 10.4. The second-order valence-electron chi connectivity index (χ2n) is 9.54. The van der Waals surface area contributed by atoms with Crippen LogP contribution in [-0.2, 0) is 25.7 Å². The molecular weight excluding hydrogens is 519 g/mol. The molecule has 0 saturated carbocycles. The average molecular weight is 549 g/mol. The van der Waals surface area contributed by atoms with Crippen molar-refractivity contribution in [1.82, 2.24) is 14.7 Å². The molecule has 0 bridgehead atoms. The Kier molecular flexibility index (Phi) is 7.83. The van der Waals surface area contributed by atoms with Crippen molar-refractivity contribution in [3.8, 4) is 0 Å². The zero-order valence-corrected chi connectivity index (χ0v) is 22.6. The molecule has 8 nitrogen and oxygen atoms in total. The first kappa shape index (κ1) is 26.7. The third kappa shape index (κ3) is 5.61. The zero-order chi connectivity index (χ0) is 27.5. The van der Waals surface area contributed by atoms with Crippen LogP contribution in [0.4, 0.5) is 4.39 Å². The van der Waals surface area contributed by atoms with Crippen molar-refractivity contribution < 1.29 is 23.5 Å². The number of carbonyl (C=O) groups excluding carboxylic acids is 3. The van der Waals surface area contributed by atoms with Crippen molar-refractivity contribution in [3.05, 3.63) is 93.9 Å². The van der Waals surface area contributed by atoms with Gasteiger partial charge in [-0.25, -0.2) is 14.2 Å². The van der Waals surface area contributed by atoms with Gasteiger partial charge in [-0.1, -0.05) is 60.3 Å². The van der Waals surface area contributed by atoms with Gasteiger partial charge in [0, 0.05) is 44.4 Å². The van der Waals surface area contributed by atoms with E-state index < -0.39 is 17.8 Å². The molecule has 0 radical (unpaired) electrons. The zero-order valence-electron chi connectivity index (χ0n) is 21.8. The van der Waals surface area contributed by atoms with Crippen LogP contribution in [0.2, 0.25) is 0 Å². The predicted octanol–water partition coefficient (Wildman–Crippen LogP) is 4.22. The summed E-state index contributed by atoms with van der Waals surface area (Å²) >= 11 is 1.34. The van der Waals surface area contributed by atoms with Gasteiger partial charge < -0.3 is 19.4 Å². The quantitative estimate of drug-likeness (QED) is 0.503. The Bertz CT molecular complexity index is 1380. The number of thioether (sulfide) groups is 1. The SMILES string of the molecule is CC(=O)N1CCN(C(=O)CC2=CSC3=NC(C)=C(C(=O)OCc4ccccc4)[C@H](c4ccccc4F)N23)CC1. The average Bonchev–Trinajstić information content (AvgIpc) is 3.33. The molecule has 1 saturated heterocycles. The largest absolute Gasteiger partial charge is 0.457 e. The van der Waals surface area contributed by atoms with Crippen LogP contribution in [0.15, 0.2) is 82.0 Å². The molecule has 39 heavy (non-hydrogen) atoms. The van der Waals surface area contributed by atoms with Crippen LogP contribution in [0.5, 0.6) is 0 Å². The Labute approximate surface area is 230 Å². The molecule has 0 unspecified atom stereocenters. The van der Waals surface area contributed by atoms with Crippen LogP contribution < -0.4 is 0 Å². The van der Waals surface area contributed by atoms with E-state index >= 15 is 4.39 Å². The summed E-state index contributed by atoms with van der Waals surface area (Å²) in [6.45, 7) is 5.19. The molecule has 0 N–H and O–H groups in total. The Morgan fingerprint density at radius 2 is 1.67 bits per heavy atom. The van der Waals surface area contributed by atoms with Crippen molar-refractivity contribution in [2.45, 2.75) is 32.9 Å². The van der Waals surface area contributed by atoms with Gasteiger partial charge in [-0.15, -0.1) is 0 Å². The number of amidine groups is 1. The molecule has 0 spiro atoms. The summed E-state index contributed by atoms with van der Waals surface area (Å²) in [6, 6.07) is 14.8. The van der Waals surface area contributed by atoms with Crippen LogP contribution in [0.25, 0.3) is 0 Å². The molecular formula is C29H29FN4O4S. The lowest BCUT2D eigenvalue weighted by Crippen LogP contribution is -2.50. The maximum Gasteiger partial charge on any atom is 0.338 e. The molecule has 0 aromatic heterocycles. The van der Waals surface area contributed by atoms with Gasteiger partial charge in [0.05, 0.1) is 23.7 Å². The highest BCUT2D eigenvalue weighted by molar-refractivity contribution is 8.16. The summed E-state index contributed by atoms with van der Waals surface area (Å²) in [5.74, 6) is -1.16. The summed E-state index contributed by atoms with van der Waals surface area (Å²) in [4.78, 5) is 48.3. The first-order valence-corrected chi connectivity index (χ1v) is 13.6. The second kappa shape index (κ2) is 11.4. The van der Waals surface area contributed by atoms with Crippen LogP contribution in [0.1, 0.15) is 37.4 Å². The van der Waals surface area contributed by atoms with Crippen molar-refractivity contribution in [1.29, 1.82) is 0 Å². The molecule has 202 valence electrons. The van der Waals surface area contributed by atoms with Gasteiger partial charge in [0.15, 0.2) is 5.17 Å². The molecule has 5 rings (SSSR count). The summed E-state index contributed by atoms with van der Waals surface area (Å²) in [5, 5.41) is 2.41. The van der Waals surface area contributed by atoms with Crippen molar-refractivity contribution >= 4 is 34.7 Å². The Morgan fingerprint density at radius 3 is 2.36 bits per heavy atom. The maximum atomic E-state index is 15.3. The molecule has 3 aliphatic rings. The number of fused-ring (bicyclic) bond motifs is 1. The van der Waals surface area contributed by atoms with E-state index in [0.29, 0.717) is 48.3 Å². The van der Waals surface area contributed by atoms with E-state index in [1.54, 1.807) is 39.8 Å². The molecule has 1 fully saturated rings. The summed E-state index contributed by atoms with van der Waals surface area (Å²) in [5.41, 5.74) is 2.44. The molecule has 2 amide bonds. The normalized spacial score (nSPS) is 18.9. The lowest BCUT2D eigenvalue weighted by molar-refractivity contribution is -0.141. The topological polar surface area (TPSA) is 82.5 Å². The number of benzene rings is 2. The first-order chi connectivity index (χ1) is 18.8. The van der Waals surface area contributed by atoms with Crippen molar-refractivity contribution in [2.24, 2.45) is 4.99 Å². The number of carbonyl (C=O) groups is 3. The number of halogens is 1. The summed E-state index contributed by atoms with van der Waals surface area (Å²) in [6.07, 6.45) is 0.0580. The van der Waals surface area contributed by atoms with Gasteiger partial charge in [0.25, 0.3) is 0 Å². The molecule has 1 atom stereocenters. The molecule has 2 aromatic rings. The number of ether oxygens (including phenoxy) is 1. The molecule has 0 aliphatic carbocycles. The lowest BCUT2D eigenvalue weighted by Gasteiger charge is -2.38. The van der Waals surface area contributed by atoms with Crippen LogP contribution >= 0.6 is 11.8 Å². The molecule has 10 heteroatoms. The van der Waals surface area contributed by atoms with Crippen molar-refractivity contribution in [2.75, 3.05) is 26.2 Å². The highest BCUT2D eigenvalue weighted by atomic mass is 32.2. The van der Waals surface area contributed by atoms with E-state index in [1.165, 1.54) is 24.8 Å². The highest BCUT2D eigenvalue weighted by Gasteiger charge is 2.42.